The molecule has 5 rings (SSSR count). The van der Waals surface area contributed by atoms with E-state index in [1.54, 1.807) is 6.08 Å². The Morgan fingerprint density at radius 3 is 2.63 bits per heavy atom. The molecule has 5 aliphatic rings. The normalized spacial score (nSPS) is 50.0. The van der Waals surface area contributed by atoms with Gasteiger partial charge < -0.3 is 14.7 Å². The Hall–Kier alpha value is -1.63. The molecule has 0 aromatic carbocycles. The quantitative estimate of drug-likeness (QED) is 0.424. The second-order valence-corrected chi connectivity index (χ2v) is 11.0. The van der Waals surface area contributed by atoms with Gasteiger partial charge in [0.15, 0.2) is 0 Å². The van der Waals surface area contributed by atoms with Crippen molar-refractivity contribution in [2.24, 2.45) is 34.5 Å². The zero-order chi connectivity index (χ0) is 21.3. The lowest BCUT2D eigenvalue weighted by molar-refractivity contribution is -0.770. The zero-order valence-electron chi connectivity index (χ0n) is 18.0. The van der Waals surface area contributed by atoms with Crippen LogP contribution in [0.15, 0.2) is 11.6 Å². The van der Waals surface area contributed by atoms with E-state index in [2.05, 4.69) is 13.8 Å². The number of hydrogen-bond donors (Lipinski definition) is 1. The van der Waals surface area contributed by atoms with E-state index in [0.29, 0.717) is 18.4 Å². The minimum atomic E-state index is -0.713. The van der Waals surface area contributed by atoms with E-state index in [1.807, 2.05) is 0 Å². The van der Waals surface area contributed by atoms with Gasteiger partial charge in [0, 0.05) is 11.5 Å². The molecule has 0 amide bonds. The molecule has 0 bridgehead atoms. The average molecular weight is 420 g/mol. The van der Waals surface area contributed by atoms with Crippen molar-refractivity contribution in [3.63, 3.8) is 0 Å². The zero-order valence-corrected chi connectivity index (χ0v) is 18.0. The van der Waals surface area contributed by atoms with Gasteiger partial charge in [0.1, 0.15) is 12.7 Å². The van der Waals surface area contributed by atoms with Crippen LogP contribution in [-0.4, -0.2) is 34.5 Å². The molecule has 0 saturated heterocycles. The van der Waals surface area contributed by atoms with E-state index < -0.39 is 10.7 Å². The highest BCUT2D eigenvalue weighted by molar-refractivity contribution is 5.85. The van der Waals surface area contributed by atoms with E-state index in [9.17, 15) is 20.0 Å². The maximum atomic E-state index is 12.2. The Morgan fingerprint density at radius 1 is 1.13 bits per heavy atom. The van der Waals surface area contributed by atoms with Crippen LogP contribution >= 0.6 is 0 Å². The van der Waals surface area contributed by atoms with Crippen molar-refractivity contribution in [2.45, 2.75) is 83.3 Å². The largest absolute Gasteiger partial charge is 0.458 e. The van der Waals surface area contributed by atoms with E-state index in [4.69, 9.17) is 9.57 Å². The molecule has 0 aromatic heterocycles. The first-order valence-corrected chi connectivity index (χ1v) is 11.6. The van der Waals surface area contributed by atoms with Crippen LogP contribution in [0.4, 0.5) is 0 Å². The van der Waals surface area contributed by atoms with Gasteiger partial charge >= 0.3 is 5.97 Å². The smallest absolute Gasteiger partial charge is 0.331 e. The molecule has 166 valence electrons. The Labute approximate surface area is 177 Å². The van der Waals surface area contributed by atoms with Gasteiger partial charge in [-0.05, 0) is 92.4 Å². The molecule has 1 N–H and O–H groups in total. The van der Waals surface area contributed by atoms with E-state index in [0.717, 1.165) is 63.4 Å². The standard InChI is InChI=1S/C23H33NO6/c1-21-8-5-16(30-24(27)28)12-15(21)3-4-19-18(21)6-9-22(2)17(7-10-23(19,22)26)14-11-20(25)29-13-14/h11,15-19,26H,3-10,12-13H2,1-2H3/t15-,16-,17-,18+,19-,21+,22-,23-/m1/s1. The second-order valence-electron chi connectivity index (χ2n) is 11.0. The molecule has 1 aliphatic heterocycles. The summed E-state index contributed by atoms with van der Waals surface area (Å²) in [7, 11) is 0. The number of aliphatic hydroxyl groups is 1. The maximum Gasteiger partial charge on any atom is 0.331 e. The number of cyclic esters (lactones) is 1. The van der Waals surface area contributed by atoms with Crippen LogP contribution in [0.25, 0.3) is 0 Å². The fourth-order valence-electron chi connectivity index (χ4n) is 8.59. The number of carbonyl (C=O) groups is 1. The summed E-state index contributed by atoms with van der Waals surface area (Å²) >= 11 is 0. The van der Waals surface area contributed by atoms with Gasteiger partial charge in [-0.15, -0.1) is 10.1 Å². The van der Waals surface area contributed by atoms with Crippen molar-refractivity contribution in [2.75, 3.05) is 6.61 Å². The monoisotopic (exact) mass is 419 g/mol. The molecule has 4 aliphatic carbocycles. The van der Waals surface area contributed by atoms with E-state index in [-0.39, 0.29) is 34.7 Å². The summed E-state index contributed by atoms with van der Waals surface area (Å²) in [6.45, 7) is 4.98. The summed E-state index contributed by atoms with van der Waals surface area (Å²) in [6, 6.07) is 0. The fourth-order valence-corrected chi connectivity index (χ4v) is 8.59. The number of hydrogen-bond acceptors (Lipinski definition) is 6. The molecule has 8 atom stereocenters. The first-order chi connectivity index (χ1) is 14.2. The molecule has 0 radical (unpaired) electrons. The number of nitrogens with zero attached hydrogens (tertiary/aromatic N) is 1. The molecule has 0 aromatic rings. The average Bonchev–Trinajstić information content (AvgIpc) is 3.22. The highest BCUT2D eigenvalue weighted by Gasteiger charge is 2.67. The highest BCUT2D eigenvalue weighted by atomic mass is 17.0. The van der Waals surface area contributed by atoms with Crippen LogP contribution in [0.2, 0.25) is 0 Å². The van der Waals surface area contributed by atoms with Gasteiger partial charge in [-0.25, -0.2) is 4.79 Å². The fraction of sp³-hybridized carbons (Fsp3) is 0.870. The number of carbonyl (C=O) groups excluding carboxylic acids is 1. The van der Waals surface area contributed by atoms with Crippen LogP contribution in [0.3, 0.4) is 0 Å². The molecular formula is C23H33NO6. The summed E-state index contributed by atoms with van der Waals surface area (Å²) in [6.07, 6.45) is 9.50. The van der Waals surface area contributed by atoms with Crippen LogP contribution < -0.4 is 0 Å². The summed E-state index contributed by atoms with van der Waals surface area (Å²) < 4.78 is 5.19. The molecule has 0 unspecified atom stereocenters. The Balaban J connectivity index is 1.40. The summed E-state index contributed by atoms with van der Waals surface area (Å²) in [5.41, 5.74) is 0.243. The second kappa shape index (κ2) is 6.68. The lowest BCUT2D eigenvalue weighted by Crippen LogP contribution is -2.62. The molecule has 1 heterocycles. The first-order valence-electron chi connectivity index (χ1n) is 11.6. The summed E-state index contributed by atoms with van der Waals surface area (Å²) in [5.74, 6) is 1.09. The van der Waals surface area contributed by atoms with Crippen molar-refractivity contribution in [1.29, 1.82) is 0 Å². The Bertz CT molecular complexity index is 797. The van der Waals surface area contributed by atoms with E-state index in [1.165, 1.54) is 0 Å². The maximum absolute atomic E-state index is 12.2. The molecule has 4 fully saturated rings. The van der Waals surface area contributed by atoms with Crippen molar-refractivity contribution >= 4 is 5.97 Å². The molecule has 30 heavy (non-hydrogen) atoms. The first kappa shape index (κ1) is 20.3. The molecule has 0 spiro atoms. The topological polar surface area (TPSA) is 98.9 Å². The molecule has 4 saturated carbocycles. The number of rotatable bonds is 3. The van der Waals surface area contributed by atoms with Crippen molar-refractivity contribution < 1.29 is 24.6 Å². The number of ether oxygens (including phenoxy) is 1. The lowest BCUT2D eigenvalue weighted by atomic mass is 9.43. The SMILES string of the molecule is C[C@]12CC[C@@H](O[N+](=O)[O-])C[C@H]1CC[C@@H]1[C@@H]2CC[C@]2(C)[C@@H](C3=CC(=O)OC3)CC[C@@]12O. The molecule has 7 nitrogen and oxygen atoms in total. The van der Waals surface area contributed by atoms with Crippen molar-refractivity contribution in [3.8, 4) is 0 Å². The highest BCUT2D eigenvalue weighted by Crippen LogP contribution is 2.69. The van der Waals surface area contributed by atoms with Gasteiger partial charge in [-0.2, -0.15) is 0 Å². The minimum absolute atomic E-state index is 0.111. The Kier molecular flexibility index (Phi) is 4.52. The van der Waals surface area contributed by atoms with Gasteiger partial charge in [0.25, 0.3) is 5.09 Å². The van der Waals surface area contributed by atoms with Gasteiger partial charge in [-0.3, -0.25) is 0 Å². The summed E-state index contributed by atoms with van der Waals surface area (Å²) in [4.78, 5) is 27.4. The van der Waals surface area contributed by atoms with Gasteiger partial charge in [0.05, 0.1) is 5.60 Å². The Morgan fingerprint density at radius 2 is 1.93 bits per heavy atom. The van der Waals surface area contributed by atoms with Crippen LogP contribution in [0, 0.1) is 44.6 Å². The third kappa shape index (κ3) is 2.69. The van der Waals surface area contributed by atoms with Gasteiger partial charge in [0.2, 0.25) is 0 Å². The van der Waals surface area contributed by atoms with Crippen molar-refractivity contribution in [1.82, 2.24) is 0 Å². The predicted octanol–water partition coefficient (Wildman–Crippen LogP) is 3.82. The third-order valence-electron chi connectivity index (χ3n) is 10.2. The minimum Gasteiger partial charge on any atom is -0.458 e. The molecular weight excluding hydrogens is 386 g/mol. The molecule has 7 heteroatoms. The number of fused-ring (bicyclic) bond motifs is 5. The van der Waals surface area contributed by atoms with Crippen LogP contribution in [0.5, 0.6) is 0 Å². The number of esters is 1. The van der Waals surface area contributed by atoms with Crippen LogP contribution in [0.1, 0.15) is 71.6 Å². The van der Waals surface area contributed by atoms with Crippen LogP contribution in [-0.2, 0) is 14.4 Å². The van der Waals surface area contributed by atoms with E-state index >= 15 is 0 Å². The van der Waals surface area contributed by atoms with Gasteiger partial charge in [-0.1, -0.05) is 13.8 Å². The lowest BCUT2D eigenvalue weighted by Gasteiger charge is -2.63. The van der Waals surface area contributed by atoms with Crippen molar-refractivity contribution in [3.05, 3.63) is 21.8 Å². The third-order valence-corrected chi connectivity index (χ3v) is 10.2. The summed E-state index contributed by atoms with van der Waals surface area (Å²) in [5, 5.41) is 22.3. The predicted molar refractivity (Wildman–Crippen MR) is 108 cm³/mol.